The summed E-state index contributed by atoms with van der Waals surface area (Å²) in [7, 11) is -6.29. The highest BCUT2D eigenvalue weighted by Crippen LogP contribution is 2.51. The van der Waals surface area contributed by atoms with Crippen LogP contribution in [0.5, 0.6) is 0 Å². The number of carbonyl (C=O) groups excluding carboxylic acids is 3. The van der Waals surface area contributed by atoms with Crippen molar-refractivity contribution in [1.82, 2.24) is 9.64 Å². The predicted molar refractivity (Wildman–Crippen MR) is 293 cm³/mol. The minimum absolute atomic E-state index is 0.0244. The van der Waals surface area contributed by atoms with Gasteiger partial charge in [0, 0.05) is 74.2 Å². The second-order valence-corrected chi connectivity index (χ2v) is 23.3. The van der Waals surface area contributed by atoms with E-state index in [1.54, 1.807) is 32.4 Å². The molecule has 0 spiro atoms. The maximum Gasteiger partial charge on any atom is 0.333 e. The van der Waals surface area contributed by atoms with Crippen LogP contribution >= 0.6 is 0 Å². The molecule has 3 heterocycles. The molecule has 0 radical (unpaired) electrons. The zero-order chi connectivity index (χ0) is 58.2. The topological polar surface area (TPSA) is 271 Å². The Morgan fingerprint density at radius 2 is 1.29 bits per heavy atom. The van der Waals surface area contributed by atoms with Gasteiger partial charge in [0.05, 0.1) is 100 Å². The Morgan fingerprint density at radius 1 is 0.725 bits per heavy atom. The summed E-state index contributed by atoms with van der Waals surface area (Å²) in [5.74, 6) is -1.42. The molecule has 0 N–H and O–H groups in total. The Bertz CT molecular complexity index is 2760. The van der Waals surface area contributed by atoms with Gasteiger partial charge in [0.25, 0.3) is 11.8 Å². The Hall–Kier alpha value is -4.96. The molecule has 0 bridgehead atoms. The molecule has 24 heteroatoms. The van der Waals surface area contributed by atoms with Gasteiger partial charge in [-0.3, -0.25) is 9.59 Å². The van der Waals surface area contributed by atoms with Crippen LogP contribution < -0.4 is 14.8 Å². The highest BCUT2D eigenvalue weighted by Gasteiger charge is 2.43. The van der Waals surface area contributed by atoms with Crippen LogP contribution in [-0.4, -0.2) is 181 Å². The second kappa shape index (κ2) is 32.6. The first kappa shape index (κ1) is 65.8. The van der Waals surface area contributed by atoms with Crippen molar-refractivity contribution < 1.29 is 87.5 Å². The number of carbonyl (C=O) groups is 3. The van der Waals surface area contributed by atoms with Crippen molar-refractivity contribution in [3.63, 3.8) is 0 Å². The third kappa shape index (κ3) is 21.1. The average Bonchev–Trinajstić information content (AvgIpc) is 4.10. The number of benzene rings is 2. The van der Waals surface area contributed by atoms with Crippen LogP contribution in [0.1, 0.15) is 95.9 Å². The molecule has 1 aromatic carbocycles. The minimum atomic E-state index is -4.91. The van der Waals surface area contributed by atoms with Gasteiger partial charge in [-0.15, -0.1) is 5.06 Å². The van der Waals surface area contributed by atoms with Crippen LogP contribution in [0.3, 0.4) is 0 Å². The summed E-state index contributed by atoms with van der Waals surface area (Å²) in [5, 5.41) is 1.38. The maximum absolute atomic E-state index is 12.6. The van der Waals surface area contributed by atoms with Gasteiger partial charge in [0.15, 0.2) is 13.1 Å². The highest BCUT2D eigenvalue weighted by atomic mass is 32.2. The quantitative estimate of drug-likeness (QED) is 0.0319. The number of hydrogen-bond acceptors (Lipinski definition) is 20. The normalized spacial score (nSPS) is 16.5. The van der Waals surface area contributed by atoms with Crippen molar-refractivity contribution >= 4 is 49.8 Å². The van der Waals surface area contributed by atoms with Gasteiger partial charge in [-0.25, -0.2) is 26.2 Å². The molecule has 1 saturated heterocycles. The van der Waals surface area contributed by atoms with E-state index in [1.807, 2.05) is 42.2 Å². The van der Waals surface area contributed by atoms with E-state index >= 15 is 0 Å². The number of anilines is 1. The average molecular weight is 1160 g/mol. The molecule has 4 aliphatic rings. The number of amides is 2. The summed E-state index contributed by atoms with van der Waals surface area (Å²) >= 11 is 0. The first-order chi connectivity index (χ1) is 38.2. The highest BCUT2D eigenvalue weighted by molar-refractivity contribution is 7.86. The molecule has 2 amide bonds. The van der Waals surface area contributed by atoms with E-state index in [0.717, 1.165) is 16.5 Å². The number of allylic oxidation sites excluding steroid dienone is 3. The lowest BCUT2D eigenvalue weighted by atomic mass is 9.77. The second-order valence-electron chi connectivity index (χ2n) is 20.4. The van der Waals surface area contributed by atoms with Crippen molar-refractivity contribution in [3.05, 3.63) is 82.6 Å². The molecule has 22 nitrogen and oxygen atoms in total. The van der Waals surface area contributed by atoms with E-state index in [2.05, 4.69) is 25.3 Å². The van der Waals surface area contributed by atoms with Crippen LogP contribution in [0, 0.1) is 0 Å². The molecule has 1 unspecified atom stereocenters. The van der Waals surface area contributed by atoms with Gasteiger partial charge in [0.2, 0.25) is 5.36 Å². The zero-order valence-electron chi connectivity index (χ0n) is 47.1. The number of nitrogens with zero attached hydrogens (tertiary/aromatic N) is 3. The van der Waals surface area contributed by atoms with Gasteiger partial charge in [-0.2, -0.15) is 0 Å². The Kier molecular flexibility index (Phi) is 26.8. The number of hydroxylamine groups is 2. The molecule has 80 heavy (non-hydrogen) atoms. The van der Waals surface area contributed by atoms with E-state index in [0.29, 0.717) is 165 Å². The van der Waals surface area contributed by atoms with Gasteiger partial charge in [-0.1, -0.05) is 33.3 Å². The SMILES string of the molecule is COCCOCCOCCOCC[N+](CCOCCOCCOCCOC)=c1ccc2c(C(C)(C)C)cc(/C=C/C=C3/N(CCCCCC(=O)ON4C(=O)CCC4=O)c4ccc(S(=O)(=O)[O-])cc4C3(C)CCCS(=O)(=O)[O-])oc-2c1. The molecular weight excluding hydrogens is 1080 g/mol. The van der Waals surface area contributed by atoms with E-state index in [-0.39, 0.29) is 37.5 Å². The van der Waals surface area contributed by atoms with Gasteiger partial charge < -0.3 is 61.2 Å². The number of unbranched alkanes of at least 4 members (excludes halogenated alkanes) is 2. The fourth-order valence-electron chi connectivity index (χ4n) is 9.23. The maximum atomic E-state index is 12.6. The molecule has 1 aromatic rings. The molecule has 3 aliphatic heterocycles. The summed E-state index contributed by atoms with van der Waals surface area (Å²) in [6, 6.07) is 12.1. The summed E-state index contributed by atoms with van der Waals surface area (Å²) in [6.45, 7) is 15.8. The molecular formula is C56H80N3O19S2-. The smallest absolute Gasteiger partial charge is 0.333 e. The number of fused-ring (bicyclic) bond motifs is 2. The lowest BCUT2D eigenvalue weighted by Crippen LogP contribution is -2.36. The van der Waals surface area contributed by atoms with Crippen molar-refractivity contribution in [1.29, 1.82) is 0 Å². The van der Waals surface area contributed by atoms with Crippen LogP contribution in [0.4, 0.5) is 5.69 Å². The monoisotopic (exact) mass is 1160 g/mol. The van der Waals surface area contributed by atoms with Gasteiger partial charge >= 0.3 is 5.97 Å². The zero-order valence-corrected chi connectivity index (χ0v) is 48.7. The van der Waals surface area contributed by atoms with Gasteiger partial charge in [0.1, 0.15) is 34.9 Å². The molecule has 446 valence electrons. The van der Waals surface area contributed by atoms with Crippen molar-refractivity contribution in [2.75, 3.05) is 137 Å². The molecule has 1 aliphatic carbocycles. The molecule has 1 atom stereocenters. The molecule has 0 aromatic heterocycles. The Balaban J connectivity index is 1.44. The van der Waals surface area contributed by atoms with E-state index < -0.39 is 54.1 Å². The van der Waals surface area contributed by atoms with Crippen molar-refractivity contribution in [2.45, 2.75) is 94.8 Å². The standard InChI is InChI=1S/C56H81N3O19S2/c1-55(2,3)47-41-44(77-50-40-43(15-17-46(47)50)57(23-25-71-31-33-75-37-35-73-29-27-69-5)24-26-72-32-34-76-38-36-74-30-28-70-6)12-10-13-51-56(4,21-11-39-79(63,64)65)48-42-45(80(66,67)68)16-18-49(48)58(51)22-9-7-8-14-54(62)78-59-52(60)19-20-53(59)61/h10,12-13,15-18,40-42H,7-9,11,14,19-39H2,1-6H3,(H-,63,64,65,66,67,68)/p-1. The first-order valence-corrected chi connectivity index (χ1v) is 30.0. The number of ether oxygens (including phenoxy) is 8. The largest absolute Gasteiger partial charge is 0.748 e. The number of methoxy groups -OCH3 is 2. The predicted octanol–water partition coefficient (Wildman–Crippen LogP) is 4.92. The van der Waals surface area contributed by atoms with Crippen LogP contribution in [0.2, 0.25) is 0 Å². The number of hydrogen-bond donors (Lipinski definition) is 0. The number of imide groups is 1. The van der Waals surface area contributed by atoms with Crippen LogP contribution in [0.15, 0.2) is 69.6 Å². The summed E-state index contributed by atoms with van der Waals surface area (Å²) in [6.07, 6.45) is 6.69. The van der Waals surface area contributed by atoms with Crippen LogP contribution in [-0.2, 0) is 88.2 Å². The minimum Gasteiger partial charge on any atom is -0.748 e. The number of rotatable bonds is 38. The van der Waals surface area contributed by atoms with E-state index in [9.17, 15) is 40.3 Å². The Labute approximate surface area is 470 Å². The van der Waals surface area contributed by atoms with E-state index in [1.165, 1.54) is 12.1 Å². The lowest BCUT2D eigenvalue weighted by molar-refractivity contribution is -0.197. The third-order valence-corrected chi connectivity index (χ3v) is 15.0. The fourth-order valence-corrected chi connectivity index (χ4v) is 10.2. The molecule has 0 saturated carbocycles. The van der Waals surface area contributed by atoms with Crippen molar-refractivity contribution in [3.8, 4) is 11.3 Å². The molecule has 5 rings (SSSR count). The molecule has 1 fully saturated rings. The van der Waals surface area contributed by atoms with Crippen molar-refractivity contribution in [2.24, 2.45) is 0 Å². The Morgan fingerprint density at radius 3 is 1.82 bits per heavy atom. The lowest BCUT2D eigenvalue weighted by Gasteiger charge is -2.31. The summed E-state index contributed by atoms with van der Waals surface area (Å²) in [5.41, 5.74) is 2.16. The van der Waals surface area contributed by atoms with E-state index in [4.69, 9.17) is 47.1 Å². The summed E-state index contributed by atoms with van der Waals surface area (Å²) in [4.78, 5) is 43.0. The van der Waals surface area contributed by atoms with Crippen LogP contribution in [0.25, 0.3) is 17.4 Å². The fraction of sp³-hybridized carbons (Fsp3) is 0.607. The first-order valence-electron chi connectivity index (χ1n) is 27.0. The summed E-state index contributed by atoms with van der Waals surface area (Å²) < 4.78 is 126. The third-order valence-electron chi connectivity index (χ3n) is 13.4. The van der Waals surface area contributed by atoms with Gasteiger partial charge in [-0.05, 0) is 91.6 Å².